The number of nitrogens with one attached hydrogen (secondary N) is 1. The summed E-state index contributed by atoms with van der Waals surface area (Å²) in [5.41, 5.74) is 9.18. The number of hydrogen-bond donors (Lipinski definition) is 2. The number of aryl methyl sites for hydroxylation is 1. The summed E-state index contributed by atoms with van der Waals surface area (Å²) in [6.07, 6.45) is 4.09. The van der Waals surface area contributed by atoms with E-state index in [1.807, 2.05) is 24.3 Å². The first kappa shape index (κ1) is 12.3. The minimum Gasteiger partial charge on any atom is -0.388 e. The van der Waals surface area contributed by atoms with Crippen molar-refractivity contribution in [2.75, 3.05) is 0 Å². The molecule has 0 aliphatic heterocycles. The molecule has 0 aliphatic rings. The number of aromatic nitrogens is 1. The minimum absolute atomic E-state index is 0.131. The summed E-state index contributed by atoms with van der Waals surface area (Å²) >= 11 is 0. The van der Waals surface area contributed by atoms with E-state index in [1.165, 1.54) is 11.1 Å². The minimum atomic E-state index is 0.131. The summed E-state index contributed by atoms with van der Waals surface area (Å²) in [4.78, 5) is 4.04. The molecule has 18 heavy (non-hydrogen) atoms. The largest absolute Gasteiger partial charge is 0.388 e. The fourth-order valence-corrected chi connectivity index (χ4v) is 2.20. The van der Waals surface area contributed by atoms with Crippen LogP contribution in [0.15, 0.2) is 48.8 Å². The second kappa shape index (κ2) is 5.45. The van der Waals surface area contributed by atoms with Gasteiger partial charge in [0, 0.05) is 24.7 Å². The molecule has 3 heteroatoms. The number of pyridine rings is 1. The highest BCUT2D eigenvalue weighted by Crippen LogP contribution is 2.29. The quantitative estimate of drug-likeness (QED) is 0.636. The van der Waals surface area contributed by atoms with Crippen molar-refractivity contribution in [3.8, 4) is 0 Å². The zero-order valence-electron chi connectivity index (χ0n) is 10.4. The molecule has 1 unspecified atom stereocenters. The van der Waals surface area contributed by atoms with Gasteiger partial charge in [0.2, 0.25) is 0 Å². The first-order valence-corrected chi connectivity index (χ1v) is 5.97. The van der Waals surface area contributed by atoms with Crippen LogP contribution in [0.2, 0.25) is 0 Å². The lowest BCUT2D eigenvalue weighted by atomic mass is 9.86. The average Bonchev–Trinajstić information content (AvgIpc) is 2.38. The predicted octanol–water partition coefficient (Wildman–Crippen LogP) is 2.85. The van der Waals surface area contributed by atoms with E-state index in [4.69, 9.17) is 11.1 Å². The molecular formula is C15H17N3. The van der Waals surface area contributed by atoms with Gasteiger partial charge >= 0.3 is 0 Å². The molecule has 2 aromatic rings. The van der Waals surface area contributed by atoms with Crippen molar-refractivity contribution >= 4 is 5.84 Å². The Morgan fingerprint density at radius 1 is 1.22 bits per heavy atom. The van der Waals surface area contributed by atoms with Gasteiger partial charge in [-0.1, -0.05) is 24.3 Å². The SMILES string of the molecule is Cc1ccccc1C(CC(=N)N)c1ccncc1. The molecule has 1 aromatic carbocycles. The van der Waals surface area contributed by atoms with Gasteiger partial charge in [0.1, 0.15) is 0 Å². The zero-order valence-corrected chi connectivity index (χ0v) is 10.4. The summed E-state index contributed by atoms with van der Waals surface area (Å²) in [6, 6.07) is 12.2. The van der Waals surface area contributed by atoms with Gasteiger partial charge < -0.3 is 5.73 Å². The lowest BCUT2D eigenvalue weighted by Crippen LogP contribution is -2.16. The maximum atomic E-state index is 7.56. The van der Waals surface area contributed by atoms with Crippen molar-refractivity contribution in [3.05, 3.63) is 65.5 Å². The third-order valence-corrected chi connectivity index (χ3v) is 3.10. The monoisotopic (exact) mass is 239 g/mol. The normalized spacial score (nSPS) is 12.1. The van der Waals surface area contributed by atoms with Crippen LogP contribution >= 0.6 is 0 Å². The van der Waals surface area contributed by atoms with Gasteiger partial charge in [-0.2, -0.15) is 0 Å². The molecule has 0 saturated heterocycles. The van der Waals surface area contributed by atoms with E-state index in [1.54, 1.807) is 12.4 Å². The molecule has 0 fully saturated rings. The van der Waals surface area contributed by atoms with Crippen LogP contribution in [-0.2, 0) is 0 Å². The highest BCUT2D eigenvalue weighted by Gasteiger charge is 2.16. The van der Waals surface area contributed by atoms with Gasteiger partial charge in [-0.3, -0.25) is 10.4 Å². The lowest BCUT2D eigenvalue weighted by molar-refractivity contribution is 0.835. The van der Waals surface area contributed by atoms with E-state index in [9.17, 15) is 0 Å². The van der Waals surface area contributed by atoms with Crippen molar-refractivity contribution in [2.24, 2.45) is 5.73 Å². The summed E-state index contributed by atoms with van der Waals surface area (Å²) in [6.45, 7) is 2.09. The molecule has 0 spiro atoms. The van der Waals surface area contributed by atoms with Crippen LogP contribution < -0.4 is 5.73 Å². The molecule has 3 nitrogen and oxygen atoms in total. The highest BCUT2D eigenvalue weighted by molar-refractivity contribution is 5.78. The lowest BCUT2D eigenvalue weighted by Gasteiger charge is -2.19. The van der Waals surface area contributed by atoms with Crippen LogP contribution in [0, 0.1) is 12.3 Å². The smallest absolute Gasteiger partial charge is 0.0914 e. The Bertz CT molecular complexity index is 534. The Morgan fingerprint density at radius 2 is 1.89 bits per heavy atom. The molecule has 0 aliphatic carbocycles. The molecule has 1 aromatic heterocycles. The van der Waals surface area contributed by atoms with Crippen LogP contribution in [0.25, 0.3) is 0 Å². The fourth-order valence-electron chi connectivity index (χ4n) is 2.20. The average molecular weight is 239 g/mol. The highest BCUT2D eigenvalue weighted by atomic mass is 14.7. The Balaban J connectivity index is 2.44. The van der Waals surface area contributed by atoms with Crippen molar-refractivity contribution in [1.82, 2.24) is 4.98 Å². The van der Waals surface area contributed by atoms with Gasteiger partial charge in [-0.15, -0.1) is 0 Å². The van der Waals surface area contributed by atoms with E-state index in [0.29, 0.717) is 6.42 Å². The van der Waals surface area contributed by atoms with E-state index in [2.05, 4.69) is 24.0 Å². The number of nitrogens with zero attached hydrogens (tertiary/aromatic N) is 1. The van der Waals surface area contributed by atoms with E-state index in [-0.39, 0.29) is 11.8 Å². The molecule has 2 rings (SSSR count). The Hall–Kier alpha value is -2.16. The van der Waals surface area contributed by atoms with Crippen molar-refractivity contribution in [3.63, 3.8) is 0 Å². The van der Waals surface area contributed by atoms with E-state index < -0.39 is 0 Å². The van der Waals surface area contributed by atoms with Crippen LogP contribution in [0.1, 0.15) is 29.0 Å². The molecular weight excluding hydrogens is 222 g/mol. The first-order valence-electron chi connectivity index (χ1n) is 5.97. The van der Waals surface area contributed by atoms with Gasteiger partial charge in [0.05, 0.1) is 5.84 Å². The molecule has 0 saturated carbocycles. The van der Waals surface area contributed by atoms with Gasteiger partial charge in [0.15, 0.2) is 0 Å². The first-order chi connectivity index (χ1) is 8.68. The number of rotatable bonds is 4. The zero-order chi connectivity index (χ0) is 13.0. The second-order valence-electron chi connectivity index (χ2n) is 4.42. The topological polar surface area (TPSA) is 62.8 Å². The number of amidine groups is 1. The third kappa shape index (κ3) is 2.74. The van der Waals surface area contributed by atoms with Crippen LogP contribution in [0.4, 0.5) is 0 Å². The maximum Gasteiger partial charge on any atom is 0.0914 e. The number of benzene rings is 1. The van der Waals surface area contributed by atoms with Gasteiger partial charge in [-0.05, 0) is 35.7 Å². The van der Waals surface area contributed by atoms with Crippen LogP contribution in [0.3, 0.4) is 0 Å². The molecule has 0 bridgehead atoms. The van der Waals surface area contributed by atoms with E-state index in [0.717, 1.165) is 5.56 Å². The van der Waals surface area contributed by atoms with Gasteiger partial charge in [0.25, 0.3) is 0 Å². The third-order valence-electron chi connectivity index (χ3n) is 3.10. The summed E-state index contributed by atoms with van der Waals surface area (Å²) in [7, 11) is 0. The number of hydrogen-bond acceptors (Lipinski definition) is 2. The second-order valence-corrected chi connectivity index (χ2v) is 4.42. The van der Waals surface area contributed by atoms with Crippen molar-refractivity contribution in [1.29, 1.82) is 5.41 Å². The van der Waals surface area contributed by atoms with Crippen molar-refractivity contribution < 1.29 is 0 Å². The molecule has 1 atom stereocenters. The Morgan fingerprint density at radius 3 is 2.50 bits per heavy atom. The standard InChI is InChI=1S/C15H17N3/c1-11-4-2-3-5-13(11)14(10-15(16)17)12-6-8-18-9-7-12/h2-9,14H,10H2,1H3,(H3,16,17). The van der Waals surface area contributed by atoms with Crippen molar-refractivity contribution in [2.45, 2.75) is 19.3 Å². The predicted molar refractivity (Wildman–Crippen MR) is 73.8 cm³/mol. The maximum absolute atomic E-state index is 7.56. The Kier molecular flexibility index (Phi) is 3.72. The van der Waals surface area contributed by atoms with Gasteiger partial charge in [-0.25, -0.2) is 0 Å². The molecule has 0 amide bonds. The van der Waals surface area contributed by atoms with E-state index >= 15 is 0 Å². The van der Waals surface area contributed by atoms with Crippen LogP contribution in [-0.4, -0.2) is 10.8 Å². The summed E-state index contributed by atoms with van der Waals surface area (Å²) in [5, 5.41) is 7.56. The molecule has 92 valence electrons. The fraction of sp³-hybridized carbons (Fsp3) is 0.200. The molecule has 1 heterocycles. The number of nitrogens with two attached hydrogens (primary N) is 1. The summed E-state index contributed by atoms with van der Waals surface area (Å²) in [5.74, 6) is 0.340. The van der Waals surface area contributed by atoms with Crippen LogP contribution in [0.5, 0.6) is 0 Å². The Labute approximate surface area is 107 Å². The molecule has 3 N–H and O–H groups in total. The summed E-state index contributed by atoms with van der Waals surface area (Å²) < 4.78 is 0. The molecule has 0 radical (unpaired) electrons.